The zero-order valence-electron chi connectivity index (χ0n) is 9.88. The van der Waals surface area contributed by atoms with Crippen LogP contribution in [0.4, 0.5) is 0 Å². The smallest absolute Gasteiger partial charge is 0.289 e. The Kier molecular flexibility index (Phi) is 6.96. The first kappa shape index (κ1) is 14.1. The van der Waals surface area contributed by atoms with Gasteiger partial charge in [-0.3, -0.25) is 9.59 Å². The average molecular weight is 214 g/mol. The molecule has 0 aromatic heterocycles. The van der Waals surface area contributed by atoms with Gasteiger partial charge >= 0.3 is 0 Å². The third-order valence-electron chi connectivity index (χ3n) is 2.17. The molecule has 0 saturated heterocycles. The fourth-order valence-electron chi connectivity index (χ4n) is 1.17. The minimum Gasteiger partial charge on any atom is -0.349 e. The van der Waals surface area contributed by atoms with Gasteiger partial charge in [-0.05, 0) is 18.8 Å². The molecule has 0 aromatic rings. The van der Waals surface area contributed by atoms with Gasteiger partial charge in [0.15, 0.2) is 0 Å². The summed E-state index contributed by atoms with van der Waals surface area (Å²) >= 11 is 0. The van der Waals surface area contributed by atoms with Gasteiger partial charge in [-0.15, -0.1) is 0 Å². The molecule has 0 bridgehead atoms. The monoisotopic (exact) mass is 214 g/mol. The summed E-state index contributed by atoms with van der Waals surface area (Å²) in [6, 6.07) is -0.644. The highest BCUT2D eigenvalue weighted by atomic mass is 16.2. The second kappa shape index (κ2) is 7.40. The van der Waals surface area contributed by atoms with Crippen LogP contribution in [0.3, 0.4) is 0 Å². The van der Waals surface area contributed by atoms with E-state index >= 15 is 0 Å². The fourth-order valence-corrected chi connectivity index (χ4v) is 1.17. The molecule has 15 heavy (non-hydrogen) atoms. The average Bonchev–Trinajstić information content (AvgIpc) is 2.16. The predicted octanol–water partition coefficient (Wildman–Crippen LogP) is 0.845. The van der Waals surface area contributed by atoms with Crippen molar-refractivity contribution in [3.05, 3.63) is 0 Å². The zero-order valence-corrected chi connectivity index (χ0v) is 9.88. The van der Waals surface area contributed by atoms with E-state index < -0.39 is 17.7 Å². The Labute approximate surface area is 91.6 Å². The highest BCUT2D eigenvalue weighted by molar-refractivity contribution is 6.38. The second-order valence-electron chi connectivity index (χ2n) is 4.20. The van der Waals surface area contributed by atoms with Crippen LogP contribution in [0, 0.1) is 5.92 Å². The molecule has 0 spiro atoms. The van der Waals surface area contributed by atoms with Crippen molar-refractivity contribution >= 4 is 11.7 Å². The maximum atomic E-state index is 11.4. The van der Waals surface area contributed by atoms with Gasteiger partial charge in [0, 0.05) is 6.54 Å². The van der Waals surface area contributed by atoms with Crippen molar-refractivity contribution in [1.82, 2.24) is 5.32 Å². The molecule has 1 amide bonds. The Morgan fingerprint density at radius 2 is 1.87 bits per heavy atom. The molecule has 0 aliphatic carbocycles. The van der Waals surface area contributed by atoms with Gasteiger partial charge in [0.1, 0.15) is 0 Å². The number of rotatable bonds is 7. The van der Waals surface area contributed by atoms with Crippen LogP contribution >= 0.6 is 0 Å². The first-order chi connectivity index (χ1) is 6.99. The van der Waals surface area contributed by atoms with Gasteiger partial charge in [-0.2, -0.15) is 0 Å². The van der Waals surface area contributed by atoms with Gasteiger partial charge < -0.3 is 11.1 Å². The number of Topliss-reactive ketones (excluding diaryl/α,β-unsaturated/α-hetero) is 1. The third kappa shape index (κ3) is 6.23. The Balaban J connectivity index is 3.84. The molecule has 0 aliphatic heterocycles. The fraction of sp³-hybridized carbons (Fsp3) is 0.818. The van der Waals surface area contributed by atoms with Crippen LogP contribution in [0.25, 0.3) is 0 Å². The van der Waals surface area contributed by atoms with Gasteiger partial charge in [0.2, 0.25) is 5.78 Å². The molecule has 0 radical (unpaired) electrons. The Hall–Kier alpha value is -0.900. The van der Waals surface area contributed by atoms with Crippen LogP contribution in [0.2, 0.25) is 0 Å². The molecule has 0 heterocycles. The molecule has 1 unspecified atom stereocenters. The lowest BCUT2D eigenvalue weighted by molar-refractivity contribution is -0.138. The van der Waals surface area contributed by atoms with Crippen LogP contribution in [-0.4, -0.2) is 24.3 Å². The summed E-state index contributed by atoms with van der Waals surface area (Å²) in [7, 11) is 0. The van der Waals surface area contributed by atoms with Gasteiger partial charge in [0.25, 0.3) is 5.91 Å². The number of nitrogens with one attached hydrogen (secondary N) is 1. The number of carbonyl (C=O) groups excluding carboxylic acids is 2. The largest absolute Gasteiger partial charge is 0.349 e. The van der Waals surface area contributed by atoms with Gasteiger partial charge in [-0.1, -0.05) is 27.2 Å². The van der Waals surface area contributed by atoms with Crippen LogP contribution in [0.5, 0.6) is 0 Å². The van der Waals surface area contributed by atoms with Crippen molar-refractivity contribution in [3.63, 3.8) is 0 Å². The van der Waals surface area contributed by atoms with Crippen LogP contribution in [-0.2, 0) is 9.59 Å². The molecule has 0 aromatic carbocycles. The second-order valence-corrected chi connectivity index (χ2v) is 4.20. The maximum absolute atomic E-state index is 11.4. The van der Waals surface area contributed by atoms with E-state index in [2.05, 4.69) is 19.2 Å². The molecular formula is C11H22N2O2. The number of amides is 1. The quantitative estimate of drug-likeness (QED) is 0.617. The minimum absolute atomic E-state index is 0.499. The molecule has 0 fully saturated rings. The summed E-state index contributed by atoms with van der Waals surface area (Å²) in [6.45, 7) is 6.61. The molecule has 0 aliphatic rings. The van der Waals surface area contributed by atoms with Crippen molar-refractivity contribution in [2.45, 2.75) is 46.1 Å². The molecule has 3 N–H and O–H groups in total. The molecule has 4 nitrogen and oxygen atoms in total. The van der Waals surface area contributed by atoms with E-state index in [1.54, 1.807) is 0 Å². The number of carbonyl (C=O) groups is 2. The summed E-state index contributed by atoms with van der Waals surface area (Å²) in [5.74, 6) is -0.526. The van der Waals surface area contributed by atoms with Crippen LogP contribution in [0.1, 0.15) is 40.0 Å². The normalized spacial score (nSPS) is 12.6. The highest BCUT2D eigenvalue weighted by Gasteiger charge is 2.20. The SMILES string of the molecule is CCCC(N)C(=O)C(=O)NCCC(C)C. The number of hydrogen-bond acceptors (Lipinski definition) is 3. The van der Waals surface area contributed by atoms with Crippen molar-refractivity contribution in [1.29, 1.82) is 0 Å². The summed E-state index contributed by atoms with van der Waals surface area (Å²) in [6.07, 6.45) is 2.25. The molecular weight excluding hydrogens is 192 g/mol. The number of ketones is 1. The Morgan fingerprint density at radius 1 is 1.27 bits per heavy atom. The Bertz CT molecular complexity index is 215. The van der Waals surface area contributed by atoms with Crippen molar-refractivity contribution in [3.8, 4) is 0 Å². The first-order valence-corrected chi connectivity index (χ1v) is 5.56. The standard InChI is InChI=1S/C11H22N2O2/c1-4-5-9(12)10(14)11(15)13-7-6-8(2)3/h8-9H,4-7,12H2,1-3H3,(H,13,15). The Morgan fingerprint density at radius 3 is 2.33 bits per heavy atom. The van der Waals surface area contributed by atoms with E-state index in [0.717, 1.165) is 12.8 Å². The maximum Gasteiger partial charge on any atom is 0.289 e. The summed E-state index contributed by atoms with van der Waals surface area (Å²) in [5.41, 5.74) is 5.55. The van der Waals surface area contributed by atoms with Crippen molar-refractivity contribution in [2.24, 2.45) is 11.7 Å². The summed E-state index contributed by atoms with van der Waals surface area (Å²) in [4.78, 5) is 22.7. The van der Waals surface area contributed by atoms with E-state index in [1.807, 2.05) is 6.92 Å². The van der Waals surface area contributed by atoms with Crippen LogP contribution < -0.4 is 11.1 Å². The lowest BCUT2D eigenvalue weighted by atomic mass is 10.1. The molecule has 4 heteroatoms. The van der Waals surface area contributed by atoms with E-state index in [9.17, 15) is 9.59 Å². The molecule has 0 saturated carbocycles. The van der Waals surface area contributed by atoms with Gasteiger partial charge in [-0.25, -0.2) is 0 Å². The first-order valence-electron chi connectivity index (χ1n) is 5.56. The predicted molar refractivity (Wildman–Crippen MR) is 60.4 cm³/mol. The number of hydrogen-bond donors (Lipinski definition) is 2. The topological polar surface area (TPSA) is 72.2 Å². The van der Waals surface area contributed by atoms with Crippen molar-refractivity contribution < 1.29 is 9.59 Å². The molecule has 88 valence electrons. The third-order valence-corrected chi connectivity index (χ3v) is 2.17. The summed E-state index contributed by atoms with van der Waals surface area (Å²) < 4.78 is 0. The molecule has 0 rings (SSSR count). The lowest BCUT2D eigenvalue weighted by Gasteiger charge is -2.10. The highest BCUT2D eigenvalue weighted by Crippen LogP contribution is 1.97. The zero-order chi connectivity index (χ0) is 11.8. The lowest BCUT2D eigenvalue weighted by Crippen LogP contribution is -2.42. The van der Waals surface area contributed by atoms with Crippen LogP contribution in [0.15, 0.2) is 0 Å². The van der Waals surface area contributed by atoms with E-state index in [-0.39, 0.29) is 0 Å². The summed E-state index contributed by atoms with van der Waals surface area (Å²) in [5, 5.41) is 2.58. The van der Waals surface area contributed by atoms with E-state index in [4.69, 9.17) is 5.73 Å². The van der Waals surface area contributed by atoms with Gasteiger partial charge in [0.05, 0.1) is 6.04 Å². The number of nitrogens with two attached hydrogens (primary N) is 1. The van der Waals surface area contributed by atoms with E-state index in [1.165, 1.54) is 0 Å². The van der Waals surface area contributed by atoms with Crippen molar-refractivity contribution in [2.75, 3.05) is 6.54 Å². The minimum atomic E-state index is -0.644. The molecule has 1 atom stereocenters. The van der Waals surface area contributed by atoms with E-state index in [0.29, 0.717) is 18.9 Å².